The van der Waals surface area contributed by atoms with Crippen molar-refractivity contribution in [1.29, 1.82) is 0 Å². The van der Waals surface area contributed by atoms with Crippen LogP contribution in [0.4, 0.5) is 0 Å². The van der Waals surface area contributed by atoms with Crippen LogP contribution in [0.25, 0.3) is 0 Å². The van der Waals surface area contributed by atoms with Gasteiger partial charge in [0.2, 0.25) is 0 Å². The molecular formula is C9H13N. The van der Waals surface area contributed by atoms with Crippen LogP contribution in [0.3, 0.4) is 0 Å². The van der Waals surface area contributed by atoms with Crippen molar-refractivity contribution in [2.75, 3.05) is 0 Å². The minimum absolute atomic E-state index is 0.801. The lowest BCUT2D eigenvalue weighted by Crippen LogP contribution is -2.24. The minimum atomic E-state index is 0.801. The summed E-state index contributed by atoms with van der Waals surface area (Å²) in [4.78, 5) is 0. The van der Waals surface area contributed by atoms with Gasteiger partial charge in [0.05, 0.1) is 6.54 Å². The van der Waals surface area contributed by atoms with Gasteiger partial charge in [-0.3, -0.25) is 0 Å². The first-order chi connectivity index (χ1) is 4.97. The highest BCUT2D eigenvalue weighted by atomic mass is 14.8. The van der Waals surface area contributed by atoms with Crippen LogP contribution in [0, 0.1) is 18.4 Å². The molecule has 1 aliphatic heterocycles. The number of nitrogens with one attached hydrogen (secondary N) is 1. The van der Waals surface area contributed by atoms with E-state index < -0.39 is 0 Å². The maximum absolute atomic E-state index is 3.15. The largest absolute Gasteiger partial charge is 0.381 e. The van der Waals surface area contributed by atoms with E-state index in [1.165, 1.54) is 19.3 Å². The smallest absolute Gasteiger partial charge is 0.0881 e. The summed E-state index contributed by atoms with van der Waals surface area (Å²) in [6.45, 7) is 3.15. The average Bonchev–Trinajstić information content (AvgIpc) is 1.86. The van der Waals surface area contributed by atoms with Crippen LogP contribution < -0.4 is 5.32 Å². The number of hydrogen-bond acceptors (Lipinski definition) is 1. The van der Waals surface area contributed by atoms with Gasteiger partial charge in [0.15, 0.2) is 0 Å². The first kappa shape index (κ1) is 6.26. The highest BCUT2D eigenvalue weighted by Crippen LogP contribution is 2.36. The zero-order chi connectivity index (χ0) is 6.81. The maximum Gasteiger partial charge on any atom is 0.0881 e. The molecule has 1 unspecified atom stereocenters. The molecule has 2 rings (SSSR count). The Bertz CT molecular complexity index is 136. The Morgan fingerprint density at radius 2 is 2.30 bits per heavy atom. The lowest BCUT2D eigenvalue weighted by molar-refractivity contribution is 0.235. The van der Waals surface area contributed by atoms with Gasteiger partial charge in [-0.1, -0.05) is 12.5 Å². The molecule has 1 nitrogen and oxygen atoms in total. The molecule has 2 radical (unpaired) electrons. The van der Waals surface area contributed by atoms with Crippen LogP contribution in [0.15, 0.2) is 12.3 Å². The van der Waals surface area contributed by atoms with Gasteiger partial charge in [-0.05, 0) is 37.3 Å². The van der Waals surface area contributed by atoms with E-state index in [2.05, 4.69) is 17.9 Å². The van der Waals surface area contributed by atoms with Gasteiger partial charge in [0.1, 0.15) is 0 Å². The second-order valence-corrected chi connectivity index (χ2v) is 3.24. The SMILES string of the molecule is [C]1CC(C2CCC2)C=CN1. The summed E-state index contributed by atoms with van der Waals surface area (Å²) < 4.78 is 0. The monoisotopic (exact) mass is 135 g/mol. The summed E-state index contributed by atoms with van der Waals surface area (Å²) in [5, 5.41) is 2.99. The Hall–Kier alpha value is -0.460. The second kappa shape index (κ2) is 2.65. The molecule has 0 aromatic rings. The predicted octanol–water partition coefficient (Wildman–Crippen LogP) is 1.95. The molecule has 2 aliphatic rings. The van der Waals surface area contributed by atoms with E-state index in [9.17, 15) is 0 Å². The number of rotatable bonds is 1. The first-order valence-corrected chi connectivity index (χ1v) is 4.12. The van der Waals surface area contributed by atoms with Crippen LogP contribution in [0.5, 0.6) is 0 Å². The molecule has 1 aliphatic carbocycles. The molecule has 1 atom stereocenters. The van der Waals surface area contributed by atoms with E-state index in [-0.39, 0.29) is 0 Å². The van der Waals surface area contributed by atoms with E-state index in [0.717, 1.165) is 18.3 Å². The Balaban J connectivity index is 1.90. The highest BCUT2D eigenvalue weighted by Gasteiger charge is 2.25. The van der Waals surface area contributed by atoms with Crippen molar-refractivity contribution in [3.05, 3.63) is 18.8 Å². The maximum atomic E-state index is 3.15. The van der Waals surface area contributed by atoms with E-state index in [0.29, 0.717) is 0 Å². The van der Waals surface area contributed by atoms with Crippen molar-refractivity contribution < 1.29 is 0 Å². The van der Waals surface area contributed by atoms with Gasteiger partial charge in [0, 0.05) is 0 Å². The molecular weight excluding hydrogens is 122 g/mol. The molecule has 0 bridgehead atoms. The van der Waals surface area contributed by atoms with Crippen LogP contribution in [0.1, 0.15) is 25.7 Å². The normalized spacial score (nSPS) is 33.0. The Kier molecular flexibility index (Phi) is 1.66. The van der Waals surface area contributed by atoms with Gasteiger partial charge >= 0.3 is 0 Å². The number of hydrogen-bond donors (Lipinski definition) is 1. The molecule has 0 amide bonds. The Morgan fingerprint density at radius 3 is 2.80 bits per heavy atom. The van der Waals surface area contributed by atoms with Crippen molar-refractivity contribution in [3.63, 3.8) is 0 Å². The Morgan fingerprint density at radius 1 is 1.40 bits per heavy atom. The fourth-order valence-electron chi connectivity index (χ4n) is 1.67. The van der Waals surface area contributed by atoms with Crippen LogP contribution in [0.2, 0.25) is 0 Å². The molecule has 1 N–H and O–H groups in total. The van der Waals surface area contributed by atoms with E-state index >= 15 is 0 Å². The van der Waals surface area contributed by atoms with Crippen LogP contribution in [-0.4, -0.2) is 0 Å². The first-order valence-electron chi connectivity index (χ1n) is 4.12. The van der Waals surface area contributed by atoms with E-state index in [1.54, 1.807) is 0 Å². The molecule has 10 heavy (non-hydrogen) atoms. The Labute approximate surface area is 62.5 Å². The lowest BCUT2D eigenvalue weighted by Gasteiger charge is -2.33. The fraction of sp³-hybridized carbons (Fsp3) is 0.667. The van der Waals surface area contributed by atoms with Crippen molar-refractivity contribution in [1.82, 2.24) is 5.32 Å². The molecule has 0 saturated heterocycles. The summed E-state index contributed by atoms with van der Waals surface area (Å²) in [7, 11) is 0. The van der Waals surface area contributed by atoms with Crippen molar-refractivity contribution >= 4 is 0 Å². The molecule has 1 fully saturated rings. The summed E-state index contributed by atoms with van der Waals surface area (Å²) in [5.41, 5.74) is 0. The highest BCUT2D eigenvalue weighted by molar-refractivity contribution is 5.00. The van der Waals surface area contributed by atoms with Crippen LogP contribution >= 0.6 is 0 Å². The molecule has 1 saturated carbocycles. The zero-order valence-corrected chi connectivity index (χ0v) is 6.14. The molecule has 0 spiro atoms. The second-order valence-electron chi connectivity index (χ2n) is 3.24. The predicted molar refractivity (Wildman–Crippen MR) is 41.0 cm³/mol. The molecule has 1 heteroatoms. The number of allylic oxidation sites excluding steroid dienone is 1. The van der Waals surface area contributed by atoms with Gasteiger partial charge in [0.25, 0.3) is 0 Å². The van der Waals surface area contributed by atoms with Crippen molar-refractivity contribution in [3.8, 4) is 0 Å². The molecule has 54 valence electrons. The summed E-state index contributed by atoms with van der Waals surface area (Å²) in [6.07, 6.45) is 9.75. The van der Waals surface area contributed by atoms with Gasteiger partial charge < -0.3 is 5.32 Å². The summed E-state index contributed by atoms with van der Waals surface area (Å²) in [6, 6.07) is 0. The third kappa shape index (κ3) is 1.05. The third-order valence-corrected chi connectivity index (χ3v) is 2.62. The molecule has 0 aromatic heterocycles. The third-order valence-electron chi connectivity index (χ3n) is 2.62. The summed E-state index contributed by atoms with van der Waals surface area (Å²) >= 11 is 0. The lowest BCUT2D eigenvalue weighted by atomic mass is 9.74. The topological polar surface area (TPSA) is 12.0 Å². The van der Waals surface area contributed by atoms with Gasteiger partial charge in [-0.15, -0.1) is 0 Å². The van der Waals surface area contributed by atoms with Crippen LogP contribution in [-0.2, 0) is 0 Å². The van der Waals surface area contributed by atoms with Crippen molar-refractivity contribution in [2.24, 2.45) is 11.8 Å². The van der Waals surface area contributed by atoms with E-state index in [1.807, 2.05) is 6.20 Å². The standard InChI is InChI=1S/C9H13N/c1-2-8(3-1)9-4-6-10-7-5-9/h4,6,8-10H,1-3,5H2. The zero-order valence-electron chi connectivity index (χ0n) is 6.14. The van der Waals surface area contributed by atoms with Gasteiger partial charge in [-0.25, -0.2) is 0 Å². The molecule has 0 aromatic carbocycles. The quantitative estimate of drug-likeness (QED) is 0.579. The average molecular weight is 135 g/mol. The van der Waals surface area contributed by atoms with Gasteiger partial charge in [-0.2, -0.15) is 0 Å². The minimum Gasteiger partial charge on any atom is -0.381 e. The van der Waals surface area contributed by atoms with E-state index in [4.69, 9.17) is 0 Å². The molecule has 1 heterocycles. The fourth-order valence-corrected chi connectivity index (χ4v) is 1.67. The summed E-state index contributed by atoms with van der Waals surface area (Å²) in [5.74, 6) is 1.78. The van der Waals surface area contributed by atoms with Crippen molar-refractivity contribution in [2.45, 2.75) is 25.7 Å².